The average molecular weight is 279 g/mol. The van der Waals surface area contributed by atoms with Gasteiger partial charge in [0.1, 0.15) is 5.60 Å². The minimum atomic E-state index is -0.967. The fraction of sp³-hybridized carbons (Fsp3) is 0.533. The highest BCUT2D eigenvalue weighted by Gasteiger charge is 2.31. The summed E-state index contributed by atoms with van der Waals surface area (Å²) >= 11 is 0. The van der Waals surface area contributed by atoms with Gasteiger partial charge in [0, 0.05) is 13.1 Å². The summed E-state index contributed by atoms with van der Waals surface area (Å²) in [6, 6.07) is 4.69. The van der Waals surface area contributed by atoms with Crippen molar-refractivity contribution < 1.29 is 19.4 Å². The number of hydrogen-bond acceptors (Lipinski definition) is 4. The van der Waals surface area contributed by atoms with Gasteiger partial charge >= 0.3 is 5.97 Å². The Kier molecular flexibility index (Phi) is 4.18. The number of methoxy groups -OCH3 is 1. The number of carboxylic acid groups (broad SMARTS) is 1. The minimum Gasteiger partial charge on any atom is -0.493 e. The zero-order valence-electron chi connectivity index (χ0n) is 12.2. The second-order valence-corrected chi connectivity index (χ2v) is 5.53. The van der Waals surface area contributed by atoms with E-state index in [1.807, 2.05) is 0 Å². The van der Waals surface area contributed by atoms with Crippen molar-refractivity contribution in [1.82, 2.24) is 4.90 Å². The molecule has 0 spiro atoms. The molecular formula is C15H21NO4. The van der Waals surface area contributed by atoms with Gasteiger partial charge in [-0.05, 0) is 45.0 Å². The summed E-state index contributed by atoms with van der Waals surface area (Å²) in [4.78, 5) is 13.3. The van der Waals surface area contributed by atoms with Gasteiger partial charge in [-0.25, -0.2) is 4.79 Å². The van der Waals surface area contributed by atoms with Crippen LogP contribution in [0.4, 0.5) is 0 Å². The lowest BCUT2D eigenvalue weighted by Crippen LogP contribution is -2.44. The van der Waals surface area contributed by atoms with Crippen molar-refractivity contribution in [2.24, 2.45) is 0 Å². The van der Waals surface area contributed by atoms with Crippen LogP contribution in [0, 0.1) is 0 Å². The number of nitrogens with zero attached hydrogens (tertiary/aromatic N) is 1. The number of benzene rings is 1. The number of likely N-dealkylation sites (tertiary alicyclic amines) is 1. The second-order valence-electron chi connectivity index (χ2n) is 5.53. The number of rotatable bonds is 4. The molecule has 0 aromatic heterocycles. The standard InChI is InChI=1S/C15H21NO4/c1-15(6-8-16(2)9-7-15)20-13-10-11(14(17)18)4-5-12(13)19-3/h4-5,10H,6-9H2,1-3H3,(H,17,18). The lowest BCUT2D eigenvalue weighted by Gasteiger charge is -2.38. The number of carbonyl (C=O) groups is 1. The molecule has 0 radical (unpaired) electrons. The van der Waals surface area contributed by atoms with E-state index in [0.29, 0.717) is 11.5 Å². The quantitative estimate of drug-likeness (QED) is 0.916. The molecule has 5 heteroatoms. The molecule has 20 heavy (non-hydrogen) atoms. The Labute approximate surface area is 119 Å². The summed E-state index contributed by atoms with van der Waals surface area (Å²) in [5, 5.41) is 9.07. The molecule has 1 saturated heterocycles. The summed E-state index contributed by atoms with van der Waals surface area (Å²) in [5.74, 6) is 0.0978. The molecule has 1 N–H and O–H groups in total. The van der Waals surface area contributed by atoms with Crippen molar-refractivity contribution in [3.63, 3.8) is 0 Å². The van der Waals surface area contributed by atoms with Crippen LogP contribution in [-0.4, -0.2) is 48.8 Å². The molecule has 1 heterocycles. The van der Waals surface area contributed by atoms with E-state index in [4.69, 9.17) is 14.6 Å². The van der Waals surface area contributed by atoms with Crippen molar-refractivity contribution in [2.75, 3.05) is 27.2 Å². The first-order chi connectivity index (χ1) is 9.43. The zero-order valence-corrected chi connectivity index (χ0v) is 12.2. The number of aromatic carboxylic acids is 1. The monoisotopic (exact) mass is 279 g/mol. The maximum Gasteiger partial charge on any atom is 0.335 e. The number of piperidine rings is 1. The van der Waals surface area contributed by atoms with Crippen LogP contribution in [0.5, 0.6) is 11.5 Å². The van der Waals surface area contributed by atoms with Gasteiger partial charge in [0.2, 0.25) is 0 Å². The van der Waals surface area contributed by atoms with E-state index in [9.17, 15) is 4.79 Å². The van der Waals surface area contributed by atoms with Gasteiger partial charge in [0.15, 0.2) is 11.5 Å². The fourth-order valence-electron chi connectivity index (χ4n) is 2.35. The largest absolute Gasteiger partial charge is 0.493 e. The minimum absolute atomic E-state index is 0.206. The Morgan fingerprint density at radius 1 is 1.30 bits per heavy atom. The van der Waals surface area contributed by atoms with Crippen LogP contribution in [-0.2, 0) is 0 Å². The van der Waals surface area contributed by atoms with Gasteiger partial charge < -0.3 is 19.5 Å². The van der Waals surface area contributed by atoms with Gasteiger partial charge in [-0.3, -0.25) is 0 Å². The predicted octanol–water partition coefficient (Wildman–Crippen LogP) is 2.26. The summed E-state index contributed by atoms with van der Waals surface area (Å²) in [5.41, 5.74) is -0.0750. The van der Waals surface area contributed by atoms with Crippen molar-refractivity contribution in [3.8, 4) is 11.5 Å². The Morgan fingerprint density at radius 2 is 1.95 bits per heavy atom. The third-order valence-corrected chi connectivity index (χ3v) is 3.81. The molecule has 0 unspecified atom stereocenters. The maximum absolute atomic E-state index is 11.1. The topological polar surface area (TPSA) is 59.0 Å². The molecule has 0 amide bonds. The first-order valence-corrected chi connectivity index (χ1v) is 6.72. The van der Waals surface area contributed by atoms with Gasteiger partial charge in [0.25, 0.3) is 0 Å². The Morgan fingerprint density at radius 3 is 2.50 bits per heavy atom. The van der Waals surface area contributed by atoms with E-state index in [0.717, 1.165) is 25.9 Å². The van der Waals surface area contributed by atoms with E-state index in [1.165, 1.54) is 12.1 Å². The molecule has 0 aliphatic carbocycles. The van der Waals surface area contributed by atoms with Crippen LogP contribution in [0.15, 0.2) is 18.2 Å². The molecule has 110 valence electrons. The molecule has 5 nitrogen and oxygen atoms in total. The van der Waals surface area contributed by atoms with E-state index < -0.39 is 5.97 Å². The molecular weight excluding hydrogens is 258 g/mol. The van der Waals surface area contributed by atoms with Gasteiger partial charge in [0.05, 0.1) is 12.7 Å². The van der Waals surface area contributed by atoms with Crippen LogP contribution < -0.4 is 9.47 Å². The Bertz CT molecular complexity index is 493. The Hall–Kier alpha value is -1.75. The maximum atomic E-state index is 11.1. The molecule has 0 bridgehead atoms. The number of carboxylic acids is 1. The van der Waals surface area contributed by atoms with Crippen molar-refractivity contribution in [3.05, 3.63) is 23.8 Å². The second kappa shape index (κ2) is 5.71. The van der Waals surface area contributed by atoms with E-state index in [-0.39, 0.29) is 11.2 Å². The molecule has 0 saturated carbocycles. The van der Waals surface area contributed by atoms with Gasteiger partial charge in [-0.1, -0.05) is 0 Å². The smallest absolute Gasteiger partial charge is 0.335 e. The SMILES string of the molecule is COc1ccc(C(=O)O)cc1OC1(C)CCN(C)CC1. The van der Waals surface area contributed by atoms with Crippen molar-refractivity contribution in [2.45, 2.75) is 25.4 Å². The normalized spacial score (nSPS) is 18.6. The van der Waals surface area contributed by atoms with Gasteiger partial charge in [-0.2, -0.15) is 0 Å². The highest BCUT2D eigenvalue weighted by Crippen LogP contribution is 2.34. The van der Waals surface area contributed by atoms with E-state index >= 15 is 0 Å². The zero-order chi connectivity index (χ0) is 14.8. The van der Waals surface area contributed by atoms with Crippen LogP contribution in [0.2, 0.25) is 0 Å². The Balaban J connectivity index is 2.22. The predicted molar refractivity (Wildman–Crippen MR) is 75.7 cm³/mol. The molecule has 1 aromatic carbocycles. The lowest BCUT2D eigenvalue weighted by atomic mass is 9.93. The molecule has 0 atom stereocenters. The van der Waals surface area contributed by atoms with E-state index in [1.54, 1.807) is 13.2 Å². The van der Waals surface area contributed by atoms with Crippen molar-refractivity contribution >= 4 is 5.97 Å². The third-order valence-electron chi connectivity index (χ3n) is 3.81. The summed E-state index contributed by atoms with van der Waals surface area (Å²) in [7, 11) is 3.64. The first-order valence-electron chi connectivity index (χ1n) is 6.72. The molecule has 1 fully saturated rings. The molecule has 1 aromatic rings. The van der Waals surface area contributed by atoms with Crippen LogP contribution in [0.1, 0.15) is 30.1 Å². The molecule has 1 aliphatic heterocycles. The van der Waals surface area contributed by atoms with Crippen LogP contribution in [0.3, 0.4) is 0 Å². The number of hydrogen-bond donors (Lipinski definition) is 1. The fourth-order valence-corrected chi connectivity index (χ4v) is 2.35. The molecule has 1 aliphatic rings. The lowest BCUT2D eigenvalue weighted by molar-refractivity contribution is 0.0218. The third kappa shape index (κ3) is 3.22. The van der Waals surface area contributed by atoms with Crippen LogP contribution >= 0.6 is 0 Å². The van der Waals surface area contributed by atoms with E-state index in [2.05, 4.69) is 18.9 Å². The summed E-state index contributed by atoms with van der Waals surface area (Å²) < 4.78 is 11.3. The van der Waals surface area contributed by atoms with Crippen LogP contribution in [0.25, 0.3) is 0 Å². The number of ether oxygens (including phenoxy) is 2. The average Bonchev–Trinajstić information content (AvgIpc) is 2.42. The summed E-state index contributed by atoms with van der Waals surface area (Å²) in [6.07, 6.45) is 1.81. The highest BCUT2D eigenvalue weighted by molar-refractivity contribution is 5.88. The summed E-state index contributed by atoms with van der Waals surface area (Å²) in [6.45, 7) is 4.00. The van der Waals surface area contributed by atoms with Crippen molar-refractivity contribution in [1.29, 1.82) is 0 Å². The molecule has 2 rings (SSSR count). The highest BCUT2D eigenvalue weighted by atomic mass is 16.5. The first kappa shape index (κ1) is 14.7. The van der Waals surface area contributed by atoms with Gasteiger partial charge in [-0.15, -0.1) is 0 Å².